The highest BCUT2D eigenvalue weighted by atomic mass is 35.5. The maximum Gasteiger partial charge on any atom is 0.316 e. The van der Waals surface area contributed by atoms with E-state index in [1.807, 2.05) is 32.9 Å². The van der Waals surface area contributed by atoms with E-state index in [2.05, 4.69) is 19.4 Å². The summed E-state index contributed by atoms with van der Waals surface area (Å²) in [6.45, 7) is 7.50. The van der Waals surface area contributed by atoms with Crippen LogP contribution in [0.3, 0.4) is 0 Å². The van der Waals surface area contributed by atoms with Gasteiger partial charge < -0.3 is 19.3 Å². The number of nitrogens with zero attached hydrogens (tertiary/aromatic N) is 5. The predicted molar refractivity (Wildman–Crippen MR) is 110 cm³/mol. The molecule has 0 spiro atoms. The lowest BCUT2D eigenvalue weighted by Gasteiger charge is -2.31. The molecule has 8 heteroatoms. The Labute approximate surface area is 168 Å². The standard InChI is InChI=1S/C20H24ClN5O2/c1-5-15(27)13-7-8-14(21)16-18(13)26-10-6-9-25(20(26)24-16)17-11(2)22-19(28-4)23-12(17)3/h7-8,15,27H,5-6,9-10H2,1-4H3. The molecule has 2 aromatic heterocycles. The summed E-state index contributed by atoms with van der Waals surface area (Å²) in [5, 5.41) is 11.1. The van der Waals surface area contributed by atoms with Gasteiger partial charge >= 0.3 is 6.01 Å². The summed E-state index contributed by atoms with van der Waals surface area (Å²) in [6.07, 6.45) is 1.02. The molecule has 3 heterocycles. The van der Waals surface area contributed by atoms with Crippen LogP contribution in [0, 0.1) is 13.8 Å². The third kappa shape index (κ3) is 2.89. The monoisotopic (exact) mass is 401 g/mol. The second kappa shape index (κ2) is 7.22. The van der Waals surface area contributed by atoms with Crippen molar-refractivity contribution in [2.75, 3.05) is 18.6 Å². The van der Waals surface area contributed by atoms with Gasteiger partial charge in [-0.1, -0.05) is 24.6 Å². The molecule has 0 bridgehead atoms. The molecule has 7 nitrogen and oxygen atoms in total. The molecule has 1 atom stereocenters. The molecule has 0 radical (unpaired) electrons. The molecule has 0 saturated heterocycles. The molecule has 1 aliphatic rings. The van der Waals surface area contributed by atoms with Crippen molar-refractivity contribution in [2.24, 2.45) is 0 Å². The van der Waals surface area contributed by atoms with Crippen molar-refractivity contribution in [3.63, 3.8) is 0 Å². The van der Waals surface area contributed by atoms with Gasteiger partial charge in [0.15, 0.2) is 0 Å². The highest BCUT2D eigenvalue weighted by molar-refractivity contribution is 6.35. The minimum absolute atomic E-state index is 0.362. The lowest BCUT2D eigenvalue weighted by Crippen LogP contribution is -2.30. The van der Waals surface area contributed by atoms with Crippen LogP contribution >= 0.6 is 11.6 Å². The Hall–Kier alpha value is -2.38. The second-order valence-corrected chi connectivity index (χ2v) is 7.46. The second-order valence-electron chi connectivity index (χ2n) is 7.06. The zero-order valence-electron chi connectivity index (χ0n) is 16.5. The van der Waals surface area contributed by atoms with Gasteiger partial charge in [-0.2, -0.15) is 9.97 Å². The summed E-state index contributed by atoms with van der Waals surface area (Å²) < 4.78 is 7.35. The van der Waals surface area contributed by atoms with E-state index in [1.165, 1.54) is 0 Å². The smallest absolute Gasteiger partial charge is 0.316 e. The molecule has 0 saturated carbocycles. The molecule has 1 unspecified atom stereocenters. The first-order valence-electron chi connectivity index (χ1n) is 9.49. The number of aliphatic hydroxyl groups excluding tert-OH is 1. The van der Waals surface area contributed by atoms with Crippen molar-refractivity contribution < 1.29 is 9.84 Å². The molecule has 0 aliphatic carbocycles. The number of aryl methyl sites for hydroxylation is 3. The minimum atomic E-state index is -0.552. The van der Waals surface area contributed by atoms with Gasteiger partial charge in [0.1, 0.15) is 5.52 Å². The van der Waals surface area contributed by atoms with Gasteiger partial charge in [0.05, 0.1) is 40.8 Å². The Morgan fingerprint density at radius 3 is 2.54 bits per heavy atom. The molecular weight excluding hydrogens is 378 g/mol. The van der Waals surface area contributed by atoms with Crippen LogP contribution in [0.4, 0.5) is 11.6 Å². The third-order valence-corrected chi connectivity index (χ3v) is 5.58. The van der Waals surface area contributed by atoms with Crippen molar-refractivity contribution in [3.05, 3.63) is 34.1 Å². The number of aliphatic hydroxyl groups is 1. The number of hydrogen-bond acceptors (Lipinski definition) is 6. The maximum atomic E-state index is 10.5. The van der Waals surface area contributed by atoms with Crippen LogP contribution < -0.4 is 9.64 Å². The van der Waals surface area contributed by atoms with Crippen LogP contribution in [-0.2, 0) is 6.54 Å². The van der Waals surface area contributed by atoms with Crippen LogP contribution in [0.1, 0.15) is 42.8 Å². The number of benzene rings is 1. The van der Waals surface area contributed by atoms with Crippen LogP contribution in [-0.4, -0.2) is 38.3 Å². The first kappa shape index (κ1) is 19.0. The average molecular weight is 402 g/mol. The number of imidazole rings is 1. The van der Waals surface area contributed by atoms with E-state index >= 15 is 0 Å². The fraction of sp³-hybridized carbons (Fsp3) is 0.450. The number of rotatable bonds is 4. The Morgan fingerprint density at radius 2 is 1.89 bits per heavy atom. The molecule has 3 aromatic rings. The highest BCUT2D eigenvalue weighted by Crippen LogP contribution is 2.39. The van der Waals surface area contributed by atoms with E-state index in [-0.39, 0.29) is 0 Å². The van der Waals surface area contributed by atoms with Crippen LogP contribution in [0.25, 0.3) is 11.0 Å². The number of aromatic nitrogens is 4. The van der Waals surface area contributed by atoms with Crippen LogP contribution in [0.15, 0.2) is 12.1 Å². The Bertz CT molecular complexity index is 1030. The maximum absolute atomic E-state index is 10.5. The minimum Gasteiger partial charge on any atom is -0.467 e. The van der Waals surface area contributed by atoms with Crippen LogP contribution in [0.5, 0.6) is 6.01 Å². The number of ether oxygens (including phenoxy) is 1. The van der Waals surface area contributed by atoms with E-state index in [1.54, 1.807) is 7.11 Å². The lowest BCUT2D eigenvalue weighted by atomic mass is 10.1. The number of hydrogen-bond donors (Lipinski definition) is 1. The molecule has 0 fully saturated rings. The molecule has 1 N–H and O–H groups in total. The lowest BCUT2D eigenvalue weighted by molar-refractivity contribution is 0.175. The van der Waals surface area contributed by atoms with Crippen molar-refractivity contribution >= 4 is 34.3 Å². The molecule has 1 aliphatic heterocycles. The Kier molecular flexibility index (Phi) is 4.89. The van der Waals surface area contributed by atoms with Crippen LogP contribution in [0.2, 0.25) is 5.02 Å². The van der Waals surface area contributed by atoms with Crippen molar-refractivity contribution in [2.45, 2.75) is 46.3 Å². The molecule has 148 valence electrons. The number of fused-ring (bicyclic) bond motifs is 3. The Morgan fingerprint density at radius 1 is 1.18 bits per heavy atom. The SMILES string of the molecule is CCC(O)c1ccc(Cl)c2nc3n(c12)CCCN3c1c(C)nc(OC)nc1C. The number of methoxy groups -OCH3 is 1. The Balaban J connectivity index is 1.94. The van der Waals surface area contributed by atoms with Gasteiger partial charge in [-0.05, 0) is 32.8 Å². The summed E-state index contributed by atoms with van der Waals surface area (Å²) >= 11 is 6.48. The van der Waals surface area contributed by atoms with Gasteiger partial charge in [0, 0.05) is 18.7 Å². The van der Waals surface area contributed by atoms with E-state index in [4.69, 9.17) is 21.3 Å². The first-order chi connectivity index (χ1) is 13.5. The topological polar surface area (TPSA) is 76.3 Å². The molecule has 28 heavy (non-hydrogen) atoms. The summed E-state index contributed by atoms with van der Waals surface area (Å²) in [7, 11) is 1.57. The molecule has 0 amide bonds. The quantitative estimate of drug-likeness (QED) is 0.709. The zero-order valence-corrected chi connectivity index (χ0v) is 17.3. The summed E-state index contributed by atoms with van der Waals surface area (Å²) in [4.78, 5) is 15.9. The third-order valence-electron chi connectivity index (χ3n) is 5.27. The highest BCUT2D eigenvalue weighted by Gasteiger charge is 2.29. The molecule has 4 rings (SSSR count). The number of halogens is 1. The molecular formula is C20H24ClN5O2. The van der Waals surface area contributed by atoms with Gasteiger partial charge in [-0.15, -0.1) is 0 Å². The zero-order chi connectivity index (χ0) is 20.0. The van der Waals surface area contributed by atoms with Crippen molar-refractivity contribution in [1.29, 1.82) is 0 Å². The van der Waals surface area contributed by atoms with Gasteiger partial charge in [-0.25, -0.2) is 4.98 Å². The van der Waals surface area contributed by atoms with E-state index in [0.717, 1.165) is 59.1 Å². The van der Waals surface area contributed by atoms with E-state index in [9.17, 15) is 5.11 Å². The van der Waals surface area contributed by atoms with E-state index in [0.29, 0.717) is 17.5 Å². The predicted octanol–water partition coefficient (Wildman–Crippen LogP) is 4.09. The summed E-state index contributed by atoms with van der Waals surface area (Å²) in [6, 6.07) is 4.08. The van der Waals surface area contributed by atoms with E-state index < -0.39 is 6.10 Å². The normalized spacial score (nSPS) is 15.0. The summed E-state index contributed by atoms with van der Waals surface area (Å²) in [5.41, 5.74) is 5.10. The van der Waals surface area contributed by atoms with Gasteiger partial charge in [-0.3, -0.25) is 0 Å². The van der Waals surface area contributed by atoms with Crippen molar-refractivity contribution in [1.82, 2.24) is 19.5 Å². The van der Waals surface area contributed by atoms with Gasteiger partial charge in [0.25, 0.3) is 0 Å². The van der Waals surface area contributed by atoms with Crippen molar-refractivity contribution in [3.8, 4) is 6.01 Å². The average Bonchev–Trinajstić information content (AvgIpc) is 3.08. The van der Waals surface area contributed by atoms with Gasteiger partial charge in [0.2, 0.25) is 5.95 Å². The largest absolute Gasteiger partial charge is 0.467 e. The fourth-order valence-electron chi connectivity index (χ4n) is 3.99. The summed E-state index contributed by atoms with van der Waals surface area (Å²) in [5.74, 6) is 0.805. The number of anilines is 2. The fourth-order valence-corrected chi connectivity index (χ4v) is 4.18. The first-order valence-corrected chi connectivity index (χ1v) is 9.87. The molecule has 1 aromatic carbocycles.